The van der Waals surface area contributed by atoms with Crippen LogP contribution in [0.2, 0.25) is 0 Å². The Bertz CT molecular complexity index is 269. The van der Waals surface area contributed by atoms with Crippen LogP contribution in [0.4, 0.5) is 5.69 Å². The lowest BCUT2D eigenvalue weighted by Gasteiger charge is -2.17. The van der Waals surface area contributed by atoms with E-state index in [9.17, 15) is 0 Å². The molecule has 0 radical (unpaired) electrons. The van der Waals surface area contributed by atoms with E-state index in [4.69, 9.17) is 5.11 Å². The first kappa shape index (κ1) is 9.81. The molecular weight excluding hydrogens is 162 g/mol. The highest BCUT2D eigenvalue weighted by molar-refractivity contribution is 5.45. The molecule has 0 aliphatic rings. The van der Waals surface area contributed by atoms with E-state index in [1.54, 1.807) is 0 Å². The Morgan fingerprint density at radius 3 is 2.54 bits per heavy atom. The van der Waals surface area contributed by atoms with Crippen molar-refractivity contribution in [3.05, 3.63) is 42.5 Å². The topological polar surface area (TPSA) is 32.3 Å². The zero-order chi connectivity index (χ0) is 9.68. The van der Waals surface area contributed by atoms with Crippen molar-refractivity contribution in [2.75, 3.05) is 11.9 Å². The third-order valence-corrected chi connectivity index (χ3v) is 1.89. The second kappa shape index (κ2) is 4.67. The lowest BCUT2D eigenvalue weighted by Crippen LogP contribution is -2.24. The first-order valence-corrected chi connectivity index (χ1v) is 4.32. The van der Waals surface area contributed by atoms with Gasteiger partial charge in [-0.15, -0.1) is 0 Å². The van der Waals surface area contributed by atoms with E-state index in [-0.39, 0.29) is 12.6 Å². The summed E-state index contributed by atoms with van der Waals surface area (Å²) in [5, 5.41) is 12.2. The van der Waals surface area contributed by atoms with Gasteiger partial charge in [0.2, 0.25) is 0 Å². The summed E-state index contributed by atoms with van der Waals surface area (Å²) in [6.07, 6.45) is 0. The number of aliphatic hydroxyl groups excluding tert-OH is 1. The molecule has 0 heterocycles. The van der Waals surface area contributed by atoms with E-state index in [1.165, 1.54) is 0 Å². The van der Waals surface area contributed by atoms with Gasteiger partial charge in [0.15, 0.2) is 0 Å². The van der Waals surface area contributed by atoms with Gasteiger partial charge in [-0.05, 0) is 19.1 Å². The van der Waals surface area contributed by atoms with Crippen molar-refractivity contribution in [2.24, 2.45) is 0 Å². The number of nitrogens with one attached hydrogen (secondary N) is 1. The van der Waals surface area contributed by atoms with Crippen LogP contribution in [0.25, 0.3) is 0 Å². The van der Waals surface area contributed by atoms with E-state index in [0.717, 1.165) is 11.3 Å². The first-order chi connectivity index (χ1) is 6.24. The normalized spacial score (nSPS) is 12.2. The van der Waals surface area contributed by atoms with E-state index < -0.39 is 0 Å². The number of para-hydroxylation sites is 1. The molecule has 1 unspecified atom stereocenters. The van der Waals surface area contributed by atoms with Crippen molar-refractivity contribution < 1.29 is 5.11 Å². The summed E-state index contributed by atoms with van der Waals surface area (Å²) >= 11 is 0. The van der Waals surface area contributed by atoms with Gasteiger partial charge in [0.1, 0.15) is 0 Å². The minimum Gasteiger partial charge on any atom is -0.394 e. The summed E-state index contributed by atoms with van der Waals surface area (Å²) in [7, 11) is 0. The predicted octanol–water partition coefficient (Wildman–Crippen LogP) is 2.04. The summed E-state index contributed by atoms with van der Waals surface area (Å²) in [5.74, 6) is 0. The quantitative estimate of drug-likeness (QED) is 0.690. The Kier molecular flexibility index (Phi) is 3.53. The maximum Gasteiger partial charge on any atom is 0.0699 e. The van der Waals surface area contributed by atoms with Gasteiger partial charge in [-0.2, -0.15) is 0 Å². The van der Waals surface area contributed by atoms with Crippen molar-refractivity contribution in [2.45, 2.75) is 13.0 Å². The monoisotopic (exact) mass is 177 g/mol. The number of benzene rings is 1. The molecule has 0 fully saturated rings. The fraction of sp³-hybridized carbons (Fsp3) is 0.273. The molecule has 0 spiro atoms. The SMILES string of the molecule is C=C(C)C(CO)Nc1ccccc1. The highest BCUT2D eigenvalue weighted by Gasteiger charge is 2.06. The highest BCUT2D eigenvalue weighted by Crippen LogP contribution is 2.10. The average molecular weight is 177 g/mol. The lowest BCUT2D eigenvalue weighted by molar-refractivity contribution is 0.287. The maximum atomic E-state index is 9.03. The Hall–Kier alpha value is -1.28. The van der Waals surface area contributed by atoms with E-state index >= 15 is 0 Å². The molecule has 0 aromatic heterocycles. The lowest BCUT2D eigenvalue weighted by atomic mass is 10.1. The number of hydrogen-bond acceptors (Lipinski definition) is 2. The Balaban J connectivity index is 2.62. The fourth-order valence-electron chi connectivity index (χ4n) is 1.06. The Labute approximate surface area is 78.9 Å². The van der Waals surface area contributed by atoms with Crippen LogP contribution in [0, 0.1) is 0 Å². The molecule has 0 saturated carbocycles. The van der Waals surface area contributed by atoms with Gasteiger partial charge in [0.05, 0.1) is 12.6 Å². The molecule has 1 aromatic rings. The van der Waals surface area contributed by atoms with Gasteiger partial charge < -0.3 is 10.4 Å². The number of rotatable bonds is 4. The molecule has 0 bridgehead atoms. The fourth-order valence-corrected chi connectivity index (χ4v) is 1.06. The van der Waals surface area contributed by atoms with E-state index in [0.29, 0.717) is 0 Å². The van der Waals surface area contributed by atoms with Crippen molar-refractivity contribution in [1.29, 1.82) is 0 Å². The van der Waals surface area contributed by atoms with Crippen LogP contribution >= 0.6 is 0 Å². The van der Waals surface area contributed by atoms with Gasteiger partial charge in [-0.1, -0.05) is 30.4 Å². The van der Waals surface area contributed by atoms with Crippen LogP contribution in [-0.2, 0) is 0 Å². The van der Waals surface area contributed by atoms with Gasteiger partial charge in [-0.3, -0.25) is 0 Å². The molecule has 0 amide bonds. The van der Waals surface area contributed by atoms with Crippen LogP contribution in [0.15, 0.2) is 42.5 Å². The van der Waals surface area contributed by atoms with Crippen molar-refractivity contribution >= 4 is 5.69 Å². The Morgan fingerprint density at radius 2 is 2.08 bits per heavy atom. The number of aliphatic hydroxyl groups is 1. The predicted molar refractivity (Wildman–Crippen MR) is 55.8 cm³/mol. The van der Waals surface area contributed by atoms with Gasteiger partial charge in [0.25, 0.3) is 0 Å². The third kappa shape index (κ3) is 2.92. The molecule has 1 aromatic carbocycles. The molecule has 1 atom stereocenters. The second-order valence-electron chi connectivity index (χ2n) is 3.09. The van der Waals surface area contributed by atoms with Crippen LogP contribution in [0.5, 0.6) is 0 Å². The molecule has 70 valence electrons. The minimum atomic E-state index is -0.0533. The standard InChI is InChI=1S/C11H15NO/c1-9(2)11(8-13)12-10-6-4-3-5-7-10/h3-7,11-13H,1,8H2,2H3. The van der Waals surface area contributed by atoms with Gasteiger partial charge >= 0.3 is 0 Å². The first-order valence-electron chi connectivity index (χ1n) is 4.32. The van der Waals surface area contributed by atoms with Crippen molar-refractivity contribution in [1.82, 2.24) is 0 Å². The zero-order valence-corrected chi connectivity index (χ0v) is 7.83. The van der Waals surface area contributed by atoms with Crippen LogP contribution in [0.3, 0.4) is 0 Å². The van der Waals surface area contributed by atoms with Crippen LogP contribution in [0.1, 0.15) is 6.92 Å². The molecule has 2 heteroatoms. The third-order valence-electron chi connectivity index (χ3n) is 1.89. The van der Waals surface area contributed by atoms with Gasteiger partial charge in [-0.25, -0.2) is 0 Å². The number of hydrogen-bond donors (Lipinski definition) is 2. The summed E-state index contributed by atoms with van der Waals surface area (Å²) in [4.78, 5) is 0. The molecule has 0 aliphatic heterocycles. The van der Waals surface area contributed by atoms with E-state index in [1.807, 2.05) is 37.3 Å². The van der Waals surface area contributed by atoms with Crippen LogP contribution in [-0.4, -0.2) is 17.8 Å². The minimum absolute atomic E-state index is 0.0533. The summed E-state index contributed by atoms with van der Waals surface area (Å²) < 4.78 is 0. The molecule has 2 nitrogen and oxygen atoms in total. The van der Waals surface area contributed by atoms with E-state index in [2.05, 4.69) is 11.9 Å². The number of anilines is 1. The summed E-state index contributed by atoms with van der Waals surface area (Å²) in [5.41, 5.74) is 1.94. The summed E-state index contributed by atoms with van der Waals surface area (Å²) in [6, 6.07) is 9.74. The molecular formula is C11H15NO. The molecule has 1 rings (SSSR count). The smallest absolute Gasteiger partial charge is 0.0699 e. The molecule has 2 N–H and O–H groups in total. The largest absolute Gasteiger partial charge is 0.394 e. The molecule has 0 aliphatic carbocycles. The summed E-state index contributed by atoms with van der Waals surface area (Å²) in [6.45, 7) is 5.77. The average Bonchev–Trinajstić information content (AvgIpc) is 2.15. The molecule has 13 heavy (non-hydrogen) atoms. The van der Waals surface area contributed by atoms with Gasteiger partial charge in [0, 0.05) is 5.69 Å². The zero-order valence-electron chi connectivity index (χ0n) is 7.83. The Morgan fingerprint density at radius 1 is 1.46 bits per heavy atom. The maximum absolute atomic E-state index is 9.03. The molecule has 0 saturated heterocycles. The van der Waals surface area contributed by atoms with Crippen molar-refractivity contribution in [3.63, 3.8) is 0 Å². The highest BCUT2D eigenvalue weighted by atomic mass is 16.3. The van der Waals surface area contributed by atoms with Crippen molar-refractivity contribution in [3.8, 4) is 0 Å². The second-order valence-corrected chi connectivity index (χ2v) is 3.09. The van der Waals surface area contributed by atoms with Crippen LogP contribution < -0.4 is 5.32 Å².